The number of benzene rings is 1. The lowest BCUT2D eigenvalue weighted by Crippen LogP contribution is -2.34. The minimum absolute atomic E-state index is 0.0132. The molecule has 0 aliphatic heterocycles. The molecular formula is C19H30N2O3. The zero-order valence-corrected chi connectivity index (χ0v) is 15.6. The molecular weight excluding hydrogens is 304 g/mol. The van der Waals surface area contributed by atoms with E-state index in [1.807, 2.05) is 40.1 Å². The van der Waals surface area contributed by atoms with Gasteiger partial charge < -0.3 is 19.3 Å². The summed E-state index contributed by atoms with van der Waals surface area (Å²) in [5.74, 6) is 1.27. The van der Waals surface area contributed by atoms with Crippen molar-refractivity contribution in [3.63, 3.8) is 0 Å². The average molecular weight is 334 g/mol. The summed E-state index contributed by atoms with van der Waals surface area (Å²) in [6.07, 6.45) is 2.62. The van der Waals surface area contributed by atoms with Crippen LogP contribution in [0.1, 0.15) is 25.0 Å². The minimum atomic E-state index is -0.0203. The summed E-state index contributed by atoms with van der Waals surface area (Å²) in [4.78, 5) is 16.0. The van der Waals surface area contributed by atoms with Crippen molar-refractivity contribution in [1.29, 1.82) is 0 Å². The van der Waals surface area contributed by atoms with Crippen LogP contribution in [0.2, 0.25) is 0 Å². The molecule has 0 radical (unpaired) electrons. The number of hydrogen-bond donors (Lipinski definition) is 0. The predicted molar refractivity (Wildman–Crippen MR) is 97.7 cm³/mol. The number of amides is 1. The first-order chi connectivity index (χ1) is 11.5. The molecule has 0 atom stereocenters. The van der Waals surface area contributed by atoms with Gasteiger partial charge in [-0.15, -0.1) is 6.58 Å². The Balaban J connectivity index is 3.09. The third-order valence-electron chi connectivity index (χ3n) is 3.73. The lowest BCUT2D eigenvalue weighted by Gasteiger charge is -2.22. The number of allylic oxidation sites excluding steroid dienone is 1. The number of carbonyl (C=O) groups is 1. The Morgan fingerprint density at radius 3 is 2.42 bits per heavy atom. The van der Waals surface area contributed by atoms with E-state index < -0.39 is 0 Å². The smallest absolute Gasteiger partial charge is 0.260 e. The molecule has 0 aliphatic carbocycles. The van der Waals surface area contributed by atoms with Crippen LogP contribution < -0.4 is 9.47 Å². The molecule has 0 saturated heterocycles. The summed E-state index contributed by atoms with van der Waals surface area (Å²) in [6, 6.07) is 4.03. The Kier molecular flexibility index (Phi) is 8.33. The fourth-order valence-corrected chi connectivity index (χ4v) is 2.58. The highest BCUT2D eigenvalue weighted by atomic mass is 16.5. The summed E-state index contributed by atoms with van der Waals surface area (Å²) < 4.78 is 11.4. The molecule has 0 bridgehead atoms. The average Bonchev–Trinajstić information content (AvgIpc) is 2.54. The molecule has 0 unspecified atom stereocenters. The van der Waals surface area contributed by atoms with E-state index in [1.54, 1.807) is 12.0 Å². The highest BCUT2D eigenvalue weighted by Crippen LogP contribution is 2.34. The van der Waals surface area contributed by atoms with Crippen LogP contribution in [-0.2, 0) is 17.8 Å². The molecule has 1 aromatic rings. The van der Waals surface area contributed by atoms with Crippen molar-refractivity contribution in [3.8, 4) is 11.5 Å². The van der Waals surface area contributed by atoms with Crippen LogP contribution in [0.5, 0.6) is 11.5 Å². The predicted octanol–water partition coefficient (Wildman–Crippen LogP) is 2.73. The van der Waals surface area contributed by atoms with Crippen LogP contribution in [0, 0.1) is 0 Å². The summed E-state index contributed by atoms with van der Waals surface area (Å²) >= 11 is 0. The second kappa shape index (κ2) is 9.98. The van der Waals surface area contributed by atoms with Gasteiger partial charge in [0.1, 0.15) is 0 Å². The fourth-order valence-electron chi connectivity index (χ4n) is 2.58. The summed E-state index contributed by atoms with van der Waals surface area (Å²) in [7, 11) is 5.61. The topological polar surface area (TPSA) is 42.0 Å². The zero-order valence-electron chi connectivity index (χ0n) is 15.6. The minimum Gasteiger partial charge on any atom is -0.493 e. The SMILES string of the molecule is C=CCc1cc(CN(C)C)c(OCC(=O)N(CC)CC)c(OC)c1. The molecule has 1 rings (SSSR count). The van der Waals surface area contributed by atoms with Crippen molar-refractivity contribution in [1.82, 2.24) is 9.80 Å². The van der Waals surface area contributed by atoms with Crippen molar-refractivity contribution in [2.24, 2.45) is 0 Å². The number of likely N-dealkylation sites (N-methyl/N-ethyl adjacent to an activating group) is 1. The van der Waals surface area contributed by atoms with E-state index in [-0.39, 0.29) is 12.5 Å². The van der Waals surface area contributed by atoms with Gasteiger partial charge in [0, 0.05) is 25.2 Å². The molecule has 1 amide bonds. The van der Waals surface area contributed by atoms with Gasteiger partial charge in [0.15, 0.2) is 18.1 Å². The molecule has 0 aromatic heterocycles. The lowest BCUT2D eigenvalue weighted by molar-refractivity contribution is -0.133. The molecule has 134 valence electrons. The normalized spacial score (nSPS) is 10.6. The molecule has 0 saturated carbocycles. The fraction of sp³-hybridized carbons (Fsp3) is 0.526. The summed E-state index contributed by atoms with van der Waals surface area (Å²) in [5, 5.41) is 0. The van der Waals surface area contributed by atoms with E-state index in [2.05, 4.69) is 17.5 Å². The molecule has 0 spiro atoms. The molecule has 5 heteroatoms. The van der Waals surface area contributed by atoms with Gasteiger partial charge >= 0.3 is 0 Å². The van der Waals surface area contributed by atoms with Gasteiger partial charge in [-0.1, -0.05) is 12.1 Å². The largest absolute Gasteiger partial charge is 0.493 e. The molecule has 0 fully saturated rings. The molecule has 24 heavy (non-hydrogen) atoms. The Hall–Kier alpha value is -2.01. The van der Waals surface area contributed by atoms with Gasteiger partial charge in [-0.25, -0.2) is 0 Å². The van der Waals surface area contributed by atoms with Crippen molar-refractivity contribution < 1.29 is 14.3 Å². The van der Waals surface area contributed by atoms with Crippen LogP contribution in [-0.4, -0.2) is 56.6 Å². The number of nitrogens with zero attached hydrogens (tertiary/aromatic N) is 2. The quantitative estimate of drug-likeness (QED) is 0.617. The highest BCUT2D eigenvalue weighted by molar-refractivity contribution is 5.77. The maximum atomic E-state index is 12.2. The Labute approximate surface area is 145 Å². The first kappa shape index (κ1) is 20.0. The van der Waals surface area contributed by atoms with Gasteiger partial charge in [0.05, 0.1) is 7.11 Å². The van der Waals surface area contributed by atoms with E-state index in [0.717, 1.165) is 17.5 Å². The Morgan fingerprint density at radius 1 is 1.25 bits per heavy atom. The maximum Gasteiger partial charge on any atom is 0.260 e. The van der Waals surface area contributed by atoms with Crippen molar-refractivity contribution in [2.45, 2.75) is 26.8 Å². The summed E-state index contributed by atoms with van der Waals surface area (Å²) in [5.41, 5.74) is 2.12. The number of methoxy groups -OCH3 is 1. The van der Waals surface area contributed by atoms with E-state index in [4.69, 9.17) is 9.47 Å². The molecule has 0 aliphatic rings. The molecule has 0 heterocycles. The monoisotopic (exact) mass is 334 g/mol. The molecule has 5 nitrogen and oxygen atoms in total. The van der Waals surface area contributed by atoms with Crippen LogP contribution in [0.15, 0.2) is 24.8 Å². The van der Waals surface area contributed by atoms with Crippen LogP contribution in [0.3, 0.4) is 0 Å². The Bertz CT molecular complexity index is 552. The van der Waals surface area contributed by atoms with E-state index in [0.29, 0.717) is 31.1 Å². The first-order valence-corrected chi connectivity index (χ1v) is 8.32. The maximum absolute atomic E-state index is 12.2. The van der Waals surface area contributed by atoms with Gasteiger partial charge in [-0.05, 0) is 46.0 Å². The van der Waals surface area contributed by atoms with E-state index in [9.17, 15) is 4.79 Å². The van der Waals surface area contributed by atoms with Gasteiger partial charge in [-0.2, -0.15) is 0 Å². The number of ether oxygens (including phenoxy) is 2. The van der Waals surface area contributed by atoms with Crippen molar-refractivity contribution in [3.05, 3.63) is 35.9 Å². The zero-order chi connectivity index (χ0) is 18.1. The van der Waals surface area contributed by atoms with Gasteiger partial charge in [0.2, 0.25) is 0 Å². The first-order valence-electron chi connectivity index (χ1n) is 8.32. The highest BCUT2D eigenvalue weighted by Gasteiger charge is 2.17. The molecule has 1 aromatic carbocycles. The number of carbonyl (C=O) groups excluding carboxylic acids is 1. The van der Waals surface area contributed by atoms with E-state index >= 15 is 0 Å². The van der Waals surface area contributed by atoms with Crippen molar-refractivity contribution >= 4 is 5.91 Å². The van der Waals surface area contributed by atoms with Gasteiger partial charge in [-0.3, -0.25) is 4.79 Å². The lowest BCUT2D eigenvalue weighted by atomic mass is 10.1. The van der Waals surface area contributed by atoms with Crippen molar-refractivity contribution in [2.75, 3.05) is 40.9 Å². The second-order valence-electron chi connectivity index (χ2n) is 5.87. The number of hydrogen-bond acceptors (Lipinski definition) is 4. The second-order valence-corrected chi connectivity index (χ2v) is 5.87. The van der Waals surface area contributed by atoms with Crippen LogP contribution in [0.25, 0.3) is 0 Å². The standard InChI is InChI=1S/C19H30N2O3/c1-7-10-15-11-16(13-20(4)5)19(17(12-15)23-6)24-14-18(22)21(8-2)9-3/h7,11-12H,1,8-10,13-14H2,2-6H3. The van der Waals surface area contributed by atoms with E-state index in [1.165, 1.54) is 0 Å². The third kappa shape index (κ3) is 5.57. The third-order valence-corrected chi connectivity index (χ3v) is 3.73. The molecule has 0 N–H and O–H groups in total. The van der Waals surface area contributed by atoms with Crippen LogP contribution >= 0.6 is 0 Å². The Morgan fingerprint density at radius 2 is 1.92 bits per heavy atom. The summed E-state index contributed by atoms with van der Waals surface area (Å²) in [6.45, 7) is 9.79. The van der Waals surface area contributed by atoms with Gasteiger partial charge in [0.25, 0.3) is 5.91 Å². The van der Waals surface area contributed by atoms with Crippen LogP contribution in [0.4, 0.5) is 0 Å². The number of rotatable bonds is 10.